The van der Waals surface area contributed by atoms with Crippen LogP contribution in [0.2, 0.25) is 0 Å². The second kappa shape index (κ2) is 11.7. The van der Waals surface area contributed by atoms with Crippen molar-refractivity contribution in [2.75, 3.05) is 6.61 Å². The van der Waals surface area contributed by atoms with E-state index < -0.39 is 0 Å². The van der Waals surface area contributed by atoms with Gasteiger partial charge in [0.25, 0.3) is 5.91 Å². The number of carbonyl (C=O) groups excluding carboxylic acids is 1. The van der Waals surface area contributed by atoms with E-state index in [1.165, 1.54) is 23.1 Å². The molecule has 0 aromatic heterocycles. The Hall–Kier alpha value is -3.26. The number of nitrogens with zero attached hydrogens (tertiary/aromatic N) is 1. The van der Waals surface area contributed by atoms with E-state index in [1.54, 1.807) is 6.08 Å². The van der Waals surface area contributed by atoms with Crippen LogP contribution in [0.3, 0.4) is 0 Å². The van der Waals surface area contributed by atoms with Crippen LogP contribution < -0.4 is 14.8 Å². The molecule has 0 unspecified atom stereocenters. The Labute approximate surface area is 203 Å². The SMILES string of the molecule is CCOc1cc(/C=C(\C#N)C(=O)N[C@H]2CCCC[C@@H]2C)ccc1OCc1c(C)cc(C)cc1C. The smallest absolute Gasteiger partial charge is 0.262 e. The van der Waals surface area contributed by atoms with E-state index in [1.807, 2.05) is 25.1 Å². The molecule has 0 aliphatic heterocycles. The van der Waals surface area contributed by atoms with Crippen molar-refractivity contribution in [3.05, 3.63) is 63.7 Å². The van der Waals surface area contributed by atoms with Gasteiger partial charge in [0.05, 0.1) is 6.61 Å². The van der Waals surface area contributed by atoms with Gasteiger partial charge in [-0.05, 0) is 86.9 Å². The average molecular weight is 461 g/mol. The molecule has 3 rings (SSSR count). The Bertz CT molecular complexity index is 1070. The first-order valence-corrected chi connectivity index (χ1v) is 12.2. The first-order chi connectivity index (χ1) is 16.3. The molecule has 1 saturated carbocycles. The monoisotopic (exact) mass is 460 g/mol. The summed E-state index contributed by atoms with van der Waals surface area (Å²) in [6, 6.07) is 12.0. The van der Waals surface area contributed by atoms with E-state index >= 15 is 0 Å². The van der Waals surface area contributed by atoms with Crippen LogP contribution in [0.15, 0.2) is 35.9 Å². The lowest BCUT2D eigenvalue weighted by Gasteiger charge is -2.29. The van der Waals surface area contributed by atoms with Crippen LogP contribution in [0.1, 0.15) is 67.3 Å². The third-order valence-electron chi connectivity index (χ3n) is 6.58. The van der Waals surface area contributed by atoms with Crippen molar-refractivity contribution >= 4 is 12.0 Å². The number of carbonyl (C=O) groups is 1. The Balaban J connectivity index is 1.77. The average Bonchev–Trinajstić information content (AvgIpc) is 2.79. The highest BCUT2D eigenvalue weighted by atomic mass is 16.5. The van der Waals surface area contributed by atoms with E-state index in [-0.39, 0.29) is 17.5 Å². The predicted molar refractivity (Wildman–Crippen MR) is 136 cm³/mol. The summed E-state index contributed by atoms with van der Waals surface area (Å²) in [6.45, 7) is 11.3. The summed E-state index contributed by atoms with van der Waals surface area (Å²) in [5.41, 5.74) is 5.62. The van der Waals surface area contributed by atoms with Gasteiger partial charge in [-0.2, -0.15) is 5.26 Å². The summed E-state index contributed by atoms with van der Waals surface area (Å²) in [5.74, 6) is 1.35. The Morgan fingerprint density at radius 1 is 1.09 bits per heavy atom. The lowest BCUT2D eigenvalue weighted by molar-refractivity contribution is -0.118. The zero-order valence-corrected chi connectivity index (χ0v) is 21.0. The first-order valence-electron chi connectivity index (χ1n) is 12.2. The Morgan fingerprint density at radius 2 is 1.79 bits per heavy atom. The van der Waals surface area contributed by atoms with Crippen molar-refractivity contribution in [1.82, 2.24) is 5.32 Å². The molecule has 0 heterocycles. The van der Waals surface area contributed by atoms with Crippen LogP contribution >= 0.6 is 0 Å². The molecule has 1 aliphatic rings. The third-order valence-corrected chi connectivity index (χ3v) is 6.58. The van der Waals surface area contributed by atoms with Crippen molar-refractivity contribution in [2.45, 2.75) is 73.0 Å². The summed E-state index contributed by atoms with van der Waals surface area (Å²) in [5, 5.41) is 12.7. The minimum absolute atomic E-state index is 0.0970. The molecule has 0 saturated heterocycles. The second-order valence-corrected chi connectivity index (χ2v) is 9.32. The largest absolute Gasteiger partial charge is 0.490 e. The third kappa shape index (κ3) is 6.41. The quantitative estimate of drug-likeness (QED) is 0.376. The van der Waals surface area contributed by atoms with Crippen LogP contribution in [0.5, 0.6) is 11.5 Å². The number of benzene rings is 2. The van der Waals surface area contributed by atoms with Crippen molar-refractivity contribution in [2.24, 2.45) is 5.92 Å². The van der Waals surface area contributed by atoms with Gasteiger partial charge in [-0.1, -0.05) is 43.5 Å². The van der Waals surface area contributed by atoms with Gasteiger partial charge in [0.15, 0.2) is 11.5 Å². The van der Waals surface area contributed by atoms with E-state index in [0.29, 0.717) is 30.6 Å². The van der Waals surface area contributed by atoms with E-state index in [2.05, 4.69) is 51.2 Å². The maximum Gasteiger partial charge on any atom is 0.262 e. The lowest BCUT2D eigenvalue weighted by atomic mass is 9.86. The maximum absolute atomic E-state index is 12.8. The molecule has 0 spiro atoms. The van der Waals surface area contributed by atoms with Gasteiger partial charge in [-0.15, -0.1) is 0 Å². The van der Waals surface area contributed by atoms with Crippen molar-refractivity contribution in [3.8, 4) is 17.6 Å². The number of amides is 1. The fourth-order valence-corrected chi connectivity index (χ4v) is 4.68. The minimum Gasteiger partial charge on any atom is -0.490 e. The molecule has 0 bridgehead atoms. The molecule has 0 radical (unpaired) electrons. The zero-order valence-electron chi connectivity index (χ0n) is 21.0. The van der Waals surface area contributed by atoms with Crippen LogP contribution in [0.25, 0.3) is 6.08 Å². The second-order valence-electron chi connectivity index (χ2n) is 9.32. The Kier molecular flexibility index (Phi) is 8.76. The fourth-order valence-electron chi connectivity index (χ4n) is 4.68. The highest BCUT2D eigenvalue weighted by Gasteiger charge is 2.24. The topological polar surface area (TPSA) is 71.3 Å². The molecule has 34 heavy (non-hydrogen) atoms. The van der Waals surface area contributed by atoms with Crippen molar-refractivity contribution in [3.63, 3.8) is 0 Å². The highest BCUT2D eigenvalue weighted by Crippen LogP contribution is 2.31. The summed E-state index contributed by atoms with van der Waals surface area (Å²) >= 11 is 0. The van der Waals surface area contributed by atoms with Crippen LogP contribution in [0.4, 0.5) is 0 Å². The van der Waals surface area contributed by atoms with Crippen molar-refractivity contribution < 1.29 is 14.3 Å². The first kappa shape index (κ1) is 25.4. The molecular formula is C29H36N2O3. The van der Waals surface area contributed by atoms with Gasteiger partial charge in [0.1, 0.15) is 18.2 Å². The number of hydrogen-bond donors (Lipinski definition) is 1. The Morgan fingerprint density at radius 3 is 2.44 bits per heavy atom. The van der Waals surface area contributed by atoms with Gasteiger partial charge in [-0.25, -0.2) is 0 Å². The molecular weight excluding hydrogens is 424 g/mol. The predicted octanol–water partition coefficient (Wildman–Crippen LogP) is 6.19. The summed E-state index contributed by atoms with van der Waals surface area (Å²) in [6.07, 6.45) is 6.00. The number of rotatable bonds is 8. The molecule has 5 nitrogen and oxygen atoms in total. The van der Waals surface area contributed by atoms with Crippen LogP contribution in [0, 0.1) is 38.0 Å². The number of nitrogens with one attached hydrogen (secondary N) is 1. The summed E-state index contributed by atoms with van der Waals surface area (Å²) < 4.78 is 12.0. The van der Waals surface area contributed by atoms with E-state index in [9.17, 15) is 10.1 Å². The molecule has 1 amide bonds. The maximum atomic E-state index is 12.8. The molecule has 1 N–H and O–H groups in total. The number of aryl methyl sites for hydroxylation is 3. The highest BCUT2D eigenvalue weighted by molar-refractivity contribution is 6.01. The molecule has 1 fully saturated rings. The standard InChI is InChI=1S/C29H36N2O3/c1-6-33-28-16-23(15-24(17-30)29(32)31-26-10-8-7-9-20(26)3)11-12-27(28)34-18-25-21(4)13-19(2)14-22(25)5/h11-16,20,26H,6-10,18H2,1-5H3,(H,31,32)/b24-15+/t20-,26-/m0/s1. The van der Waals surface area contributed by atoms with Gasteiger partial charge in [0, 0.05) is 6.04 Å². The normalized spacial score (nSPS) is 18.2. The van der Waals surface area contributed by atoms with Gasteiger partial charge in [-0.3, -0.25) is 4.79 Å². The zero-order chi connectivity index (χ0) is 24.7. The molecule has 2 aromatic rings. The van der Waals surface area contributed by atoms with Crippen LogP contribution in [-0.2, 0) is 11.4 Å². The molecule has 2 aromatic carbocycles. The lowest BCUT2D eigenvalue weighted by Crippen LogP contribution is -2.41. The molecule has 2 atom stereocenters. The minimum atomic E-state index is -0.315. The summed E-state index contributed by atoms with van der Waals surface area (Å²) in [4.78, 5) is 12.8. The number of ether oxygens (including phenoxy) is 2. The van der Waals surface area contributed by atoms with Crippen molar-refractivity contribution in [1.29, 1.82) is 5.26 Å². The molecule has 180 valence electrons. The molecule has 1 aliphatic carbocycles. The van der Waals surface area contributed by atoms with Gasteiger partial charge < -0.3 is 14.8 Å². The van der Waals surface area contributed by atoms with E-state index in [0.717, 1.165) is 30.4 Å². The number of hydrogen-bond acceptors (Lipinski definition) is 4. The van der Waals surface area contributed by atoms with Gasteiger partial charge >= 0.3 is 0 Å². The van der Waals surface area contributed by atoms with Gasteiger partial charge in [0.2, 0.25) is 0 Å². The van der Waals surface area contributed by atoms with Crippen LogP contribution in [-0.4, -0.2) is 18.6 Å². The number of nitriles is 1. The summed E-state index contributed by atoms with van der Waals surface area (Å²) in [7, 11) is 0. The fraction of sp³-hybridized carbons (Fsp3) is 0.448. The molecule has 5 heteroatoms. The van der Waals surface area contributed by atoms with E-state index in [4.69, 9.17) is 9.47 Å².